The van der Waals surface area contributed by atoms with Crippen LogP contribution in [0, 0.1) is 6.92 Å². The smallest absolute Gasteiger partial charge is 0.320 e. The lowest BCUT2D eigenvalue weighted by molar-refractivity contribution is -0.138. The fourth-order valence-corrected chi connectivity index (χ4v) is 4.20. The Balaban J connectivity index is 1.95. The Kier molecular flexibility index (Phi) is 5.16. The molecule has 0 saturated carbocycles. The Labute approximate surface area is 157 Å². The summed E-state index contributed by atoms with van der Waals surface area (Å²) in [6.07, 6.45) is 0.116. The predicted octanol–water partition coefficient (Wildman–Crippen LogP) is 2.90. The standard InChI is InChI=1S/C20H20N2O4S/c1-13-9-10-16(11-15(13)12-18(21)20(23)24)22-27(25,26)19-8-4-6-14-5-2-3-7-17(14)19/h2-11,18,22H,12,21H2,1H3,(H,23,24)/t18-/m0/s1. The maximum Gasteiger partial charge on any atom is 0.320 e. The van der Waals surface area contributed by atoms with Crippen LogP contribution in [0.4, 0.5) is 5.69 Å². The first-order chi connectivity index (χ1) is 12.8. The molecule has 0 saturated heterocycles. The van der Waals surface area contributed by atoms with Crippen molar-refractivity contribution in [1.29, 1.82) is 0 Å². The highest BCUT2D eigenvalue weighted by atomic mass is 32.2. The molecule has 4 N–H and O–H groups in total. The number of hydrogen-bond acceptors (Lipinski definition) is 4. The molecule has 3 aromatic carbocycles. The van der Waals surface area contributed by atoms with Crippen molar-refractivity contribution in [1.82, 2.24) is 0 Å². The van der Waals surface area contributed by atoms with Crippen molar-refractivity contribution in [3.8, 4) is 0 Å². The van der Waals surface area contributed by atoms with E-state index < -0.39 is 22.0 Å². The van der Waals surface area contributed by atoms with Crippen LogP contribution in [0.2, 0.25) is 0 Å². The number of sulfonamides is 1. The quantitative estimate of drug-likeness (QED) is 0.605. The van der Waals surface area contributed by atoms with E-state index in [2.05, 4.69) is 4.72 Å². The molecule has 140 valence electrons. The van der Waals surface area contributed by atoms with Gasteiger partial charge in [0.1, 0.15) is 6.04 Å². The molecule has 0 heterocycles. The maximum absolute atomic E-state index is 12.9. The van der Waals surface area contributed by atoms with E-state index in [9.17, 15) is 13.2 Å². The first kappa shape index (κ1) is 18.9. The van der Waals surface area contributed by atoms with E-state index in [4.69, 9.17) is 10.8 Å². The molecule has 0 radical (unpaired) electrons. The van der Waals surface area contributed by atoms with Crippen LogP contribution < -0.4 is 10.5 Å². The van der Waals surface area contributed by atoms with Crippen LogP contribution in [-0.2, 0) is 21.2 Å². The molecule has 0 aliphatic rings. The van der Waals surface area contributed by atoms with E-state index in [1.807, 2.05) is 25.1 Å². The van der Waals surface area contributed by atoms with Crippen molar-refractivity contribution >= 4 is 32.5 Å². The maximum atomic E-state index is 12.9. The number of fused-ring (bicyclic) bond motifs is 1. The third-order valence-corrected chi connectivity index (χ3v) is 5.84. The molecule has 0 aliphatic carbocycles. The van der Waals surface area contributed by atoms with Gasteiger partial charge in [0.05, 0.1) is 4.90 Å². The number of nitrogens with one attached hydrogen (secondary N) is 1. The van der Waals surface area contributed by atoms with Crippen LogP contribution in [0.5, 0.6) is 0 Å². The fourth-order valence-electron chi connectivity index (χ4n) is 2.92. The lowest BCUT2D eigenvalue weighted by atomic mass is 10.0. The molecular weight excluding hydrogens is 364 g/mol. The van der Waals surface area contributed by atoms with Gasteiger partial charge in [0.2, 0.25) is 0 Å². The molecule has 7 heteroatoms. The number of nitrogens with two attached hydrogens (primary N) is 1. The monoisotopic (exact) mass is 384 g/mol. The van der Waals surface area contributed by atoms with Gasteiger partial charge in [-0.15, -0.1) is 0 Å². The molecule has 0 aliphatic heterocycles. The molecular formula is C20H20N2O4S. The van der Waals surface area contributed by atoms with Gasteiger partial charge < -0.3 is 10.8 Å². The van der Waals surface area contributed by atoms with Crippen molar-refractivity contribution in [2.45, 2.75) is 24.3 Å². The minimum atomic E-state index is -3.81. The van der Waals surface area contributed by atoms with Gasteiger partial charge in [0.15, 0.2) is 0 Å². The second-order valence-electron chi connectivity index (χ2n) is 6.37. The number of carboxylic acid groups (broad SMARTS) is 1. The van der Waals surface area contributed by atoms with E-state index in [1.165, 1.54) is 0 Å². The summed E-state index contributed by atoms with van der Waals surface area (Å²) in [5.74, 6) is -1.10. The molecule has 0 fully saturated rings. The number of rotatable bonds is 6. The number of aryl methyl sites for hydroxylation is 1. The van der Waals surface area contributed by atoms with Crippen molar-refractivity contribution in [3.05, 3.63) is 71.8 Å². The fraction of sp³-hybridized carbons (Fsp3) is 0.150. The van der Waals surface area contributed by atoms with Gasteiger partial charge in [-0.25, -0.2) is 8.42 Å². The van der Waals surface area contributed by atoms with E-state index in [0.29, 0.717) is 16.6 Å². The topological polar surface area (TPSA) is 109 Å². The highest BCUT2D eigenvalue weighted by molar-refractivity contribution is 7.93. The zero-order valence-corrected chi connectivity index (χ0v) is 15.5. The molecule has 0 bridgehead atoms. The minimum absolute atomic E-state index is 0.116. The highest BCUT2D eigenvalue weighted by Gasteiger charge is 2.19. The number of carboxylic acids is 1. The van der Waals surface area contributed by atoms with Gasteiger partial charge in [0, 0.05) is 11.1 Å². The number of hydrogen-bond donors (Lipinski definition) is 3. The summed E-state index contributed by atoms with van der Waals surface area (Å²) in [7, 11) is -3.81. The average Bonchev–Trinajstić information content (AvgIpc) is 2.63. The number of benzene rings is 3. The summed E-state index contributed by atoms with van der Waals surface area (Å²) >= 11 is 0. The van der Waals surface area contributed by atoms with Crippen molar-refractivity contribution in [3.63, 3.8) is 0 Å². The van der Waals surface area contributed by atoms with E-state index in [0.717, 1.165) is 10.9 Å². The third-order valence-electron chi connectivity index (χ3n) is 4.40. The van der Waals surface area contributed by atoms with Crippen molar-refractivity contribution in [2.75, 3.05) is 4.72 Å². The average molecular weight is 384 g/mol. The summed E-state index contributed by atoms with van der Waals surface area (Å²) in [6, 6.07) is 16.3. The Bertz CT molecular complexity index is 1100. The summed E-state index contributed by atoms with van der Waals surface area (Å²) in [5.41, 5.74) is 7.50. The molecule has 0 spiro atoms. The zero-order valence-electron chi connectivity index (χ0n) is 14.7. The van der Waals surface area contributed by atoms with Crippen molar-refractivity contribution < 1.29 is 18.3 Å². The number of carbonyl (C=O) groups is 1. The summed E-state index contributed by atoms with van der Waals surface area (Å²) in [4.78, 5) is 11.2. The van der Waals surface area contributed by atoms with Crippen LogP contribution in [0.25, 0.3) is 10.8 Å². The lowest BCUT2D eigenvalue weighted by Crippen LogP contribution is -2.32. The molecule has 1 atom stereocenters. The van der Waals surface area contributed by atoms with E-state index in [-0.39, 0.29) is 11.3 Å². The van der Waals surface area contributed by atoms with Crippen LogP contribution in [0.3, 0.4) is 0 Å². The Morgan fingerprint density at radius 1 is 1.11 bits per heavy atom. The lowest BCUT2D eigenvalue weighted by Gasteiger charge is -2.14. The largest absolute Gasteiger partial charge is 0.480 e. The molecule has 27 heavy (non-hydrogen) atoms. The summed E-state index contributed by atoms with van der Waals surface area (Å²) < 4.78 is 28.4. The van der Waals surface area contributed by atoms with E-state index in [1.54, 1.807) is 42.5 Å². The summed E-state index contributed by atoms with van der Waals surface area (Å²) in [5, 5.41) is 10.5. The highest BCUT2D eigenvalue weighted by Crippen LogP contribution is 2.26. The van der Waals surface area contributed by atoms with Gasteiger partial charge >= 0.3 is 5.97 Å². The van der Waals surface area contributed by atoms with Crippen LogP contribution in [-0.4, -0.2) is 25.5 Å². The third kappa shape index (κ3) is 4.10. The molecule has 6 nitrogen and oxygen atoms in total. The van der Waals surface area contributed by atoms with Gasteiger partial charge in [-0.05, 0) is 48.1 Å². The van der Waals surface area contributed by atoms with Crippen molar-refractivity contribution in [2.24, 2.45) is 5.73 Å². The first-order valence-electron chi connectivity index (χ1n) is 8.36. The Hall–Kier alpha value is -2.90. The minimum Gasteiger partial charge on any atom is -0.480 e. The predicted molar refractivity (Wildman–Crippen MR) is 105 cm³/mol. The van der Waals surface area contributed by atoms with Gasteiger partial charge in [0.25, 0.3) is 10.0 Å². The first-order valence-corrected chi connectivity index (χ1v) is 9.85. The normalized spacial score (nSPS) is 12.7. The Morgan fingerprint density at radius 2 is 1.81 bits per heavy atom. The van der Waals surface area contributed by atoms with Crippen LogP contribution in [0.15, 0.2) is 65.6 Å². The molecule has 0 amide bonds. The second kappa shape index (κ2) is 7.38. The van der Waals surface area contributed by atoms with Gasteiger partial charge in [-0.2, -0.15) is 0 Å². The van der Waals surface area contributed by atoms with Gasteiger partial charge in [-0.3, -0.25) is 9.52 Å². The number of anilines is 1. The van der Waals surface area contributed by atoms with Crippen LogP contribution in [0.1, 0.15) is 11.1 Å². The van der Waals surface area contributed by atoms with Gasteiger partial charge in [-0.1, -0.05) is 42.5 Å². The molecule has 3 rings (SSSR count). The SMILES string of the molecule is Cc1ccc(NS(=O)(=O)c2cccc3ccccc23)cc1C[C@H](N)C(=O)O. The molecule has 0 aromatic heterocycles. The summed E-state index contributed by atoms with van der Waals surface area (Å²) in [6.45, 7) is 1.83. The van der Waals surface area contributed by atoms with E-state index >= 15 is 0 Å². The molecule has 3 aromatic rings. The zero-order chi connectivity index (χ0) is 19.6. The molecule has 0 unspecified atom stereocenters. The second-order valence-corrected chi connectivity index (χ2v) is 8.02. The van der Waals surface area contributed by atoms with Crippen LogP contribution >= 0.6 is 0 Å². The Morgan fingerprint density at radius 3 is 2.56 bits per heavy atom. The number of aliphatic carboxylic acids is 1.